The van der Waals surface area contributed by atoms with Crippen LogP contribution in [0.1, 0.15) is 36.9 Å². The summed E-state index contributed by atoms with van der Waals surface area (Å²) in [4.78, 5) is 5.07. The summed E-state index contributed by atoms with van der Waals surface area (Å²) in [7, 11) is 1.65. The summed E-state index contributed by atoms with van der Waals surface area (Å²) < 4.78 is 6.00. The van der Waals surface area contributed by atoms with Crippen LogP contribution in [0, 0.1) is 6.92 Å². The second-order valence-electron chi connectivity index (χ2n) is 4.24. The zero-order valence-corrected chi connectivity index (χ0v) is 10.1. The third-order valence-corrected chi connectivity index (χ3v) is 3.04. The molecule has 0 saturated carbocycles. The Hall–Kier alpha value is -1.06. The molecule has 3 heteroatoms. The lowest BCUT2D eigenvalue weighted by atomic mass is 10.0. The van der Waals surface area contributed by atoms with Crippen molar-refractivity contribution in [3.8, 4) is 5.75 Å². The number of rotatable bonds is 4. The minimum Gasteiger partial charge on any atom is -0.488 e. The van der Waals surface area contributed by atoms with E-state index in [1.807, 2.05) is 0 Å². The van der Waals surface area contributed by atoms with Crippen molar-refractivity contribution in [3.05, 3.63) is 29.3 Å². The minimum absolute atomic E-state index is 0.153. The van der Waals surface area contributed by atoms with Crippen LogP contribution in [0.5, 0.6) is 5.75 Å². The molecule has 1 N–H and O–H groups in total. The van der Waals surface area contributed by atoms with Gasteiger partial charge in [0.25, 0.3) is 0 Å². The molecule has 1 aliphatic heterocycles. The summed E-state index contributed by atoms with van der Waals surface area (Å²) >= 11 is 0. The van der Waals surface area contributed by atoms with Crippen LogP contribution in [-0.4, -0.2) is 13.2 Å². The number of benzene rings is 1. The van der Waals surface area contributed by atoms with Gasteiger partial charge < -0.3 is 9.57 Å². The van der Waals surface area contributed by atoms with Crippen LogP contribution in [0.25, 0.3) is 0 Å². The standard InChI is InChI=1S/C13H19NO2/c1-4-6-11-12(14-15-3)10-8-5-7-9(2)13(10)16-11/h5,7-8,11-12,14H,4,6H2,1-3H3. The molecule has 0 aromatic heterocycles. The van der Waals surface area contributed by atoms with Crippen molar-refractivity contribution < 1.29 is 9.57 Å². The van der Waals surface area contributed by atoms with E-state index in [9.17, 15) is 0 Å². The van der Waals surface area contributed by atoms with Crippen molar-refractivity contribution in [2.75, 3.05) is 7.11 Å². The smallest absolute Gasteiger partial charge is 0.127 e. The van der Waals surface area contributed by atoms with Crippen molar-refractivity contribution >= 4 is 0 Å². The van der Waals surface area contributed by atoms with E-state index in [1.54, 1.807) is 7.11 Å². The van der Waals surface area contributed by atoms with E-state index in [4.69, 9.17) is 9.57 Å². The molecule has 0 spiro atoms. The van der Waals surface area contributed by atoms with Gasteiger partial charge in [0.2, 0.25) is 0 Å². The molecular formula is C13H19NO2. The summed E-state index contributed by atoms with van der Waals surface area (Å²) in [5.74, 6) is 1.02. The molecule has 88 valence electrons. The van der Waals surface area contributed by atoms with Crippen molar-refractivity contribution in [2.24, 2.45) is 0 Å². The molecular weight excluding hydrogens is 202 g/mol. The minimum atomic E-state index is 0.153. The number of para-hydroxylation sites is 1. The van der Waals surface area contributed by atoms with E-state index in [-0.39, 0.29) is 12.1 Å². The number of aryl methyl sites for hydroxylation is 1. The van der Waals surface area contributed by atoms with Gasteiger partial charge in [-0.1, -0.05) is 31.5 Å². The Morgan fingerprint density at radius 1 is 1.44 bits per heavy atom. The first kappa shape index (κ1) is 11.4. The topological polar surface area (TPSA) is 30.5 Å². The Balaban J connectivity index is 2.29. The van der Waals surface area contributed by atoms with Crippen molar-refractivity contribution in [1.29, 1.82) is 0 Å². The van der Waals surface area contributed by atoms with Crippen LogP contribution in [0.3, 0.4) is 0 Å². The van der Waals surface area contributed by atoms with Crippen LogP contribution in [0.15, 0.2) is 18.2 Å². The molecule has 0 radical (unpaired) electrons. The van der Waals surface area contributed by atoms with E-state index in [0.29, 0.717) is 0 Å². The molecule has 1 heterocycles. The lowest BCUT2D eigenvalue weighted by Crippen LogP contribution is -2.30. The lowest BCUT2D eigenvalue weighted by Gasteiger charge is -2.18. The Morgan fingerprint density at radius 2 is 2.25 bits per heavy atom. The largest absolute Gasteiger partial charge is 0.488 e. The normalized spacial score (nSPS) is 22.9. The zero-order chi connectivity index (χ0) is 11.5. The molecule has 0 saturated heterocycles. The van der Waals surface area contributed by atoms with Crippen molar-refractivity contribution in [3.63, 3.8) is 0 Å². The third-order valence-electron chi connectivity index (χ3n) is 3.04. The summed E-state index contributed by atoms with van der Waals surface area (Å²) in [6.45, 7) is 4.25. The van der Waals surface area contributed by atoms with E-state index < -0.39 is 0 Å². The van der Waals surface area contributed by atoms with Gasteiger partial charge in [-0.3, -0.25) is 0 Å². The first-order valence-electron chi connectivity index (χ1n) is 5.82. The quantitative estimate of drug-likeness (QED) is 0.793. The number of fused-ring (bicyclic) bond motifs is 1. The van der Waals surface area contributed by atoms with Gasteiger partial charge in [-0.25, -0.2) is 0 Å². The summed E-state index contributed by atoms with van der Waals surface area (Å²) in [5.41, 5.74) is 5.44. The average Bonchev–Trinajstić information content (AvgIpc) is 2.61. The first-order valence-corrected chi connectivity index (χ1v) is 5.82. The van der Waals surface area contributed by atoms with Gasteiger partial charge in [0.1, 0.15) is 11.9 Å². The summed E-state index contributed by atoms with van der Waals surface area (Å²) in [6, 6.07) is 6.40. The number of ether oxygens (including phenoxy) is 1. The van der Waals surface area contributed by atoms with Gasteiger partial charge in [-0.2, -0.15) is 5.48 Å². The predicted molar refractivity (Wildman–Crippen MR) is 63.4 cm³/mol. The first-order chi connectivity index (χ1) is 7.77. The van der Waals surface area contributed by atoms with Gasteiger partial charge in [0.05, 0.1) is 13.2 Å². The number of hydrogen-bond acceptors (Lipinski definition) is 3. The summed E-state index contributed by atoms with van der Waals surface area (Å²) in [5, 5.41) is 0. The maximum Gasteiger partial charge on any atom is 0.127 e. The highest BCUT2D eigenvalue weighted by Crippen LogP contribution is 2.40. The van der Waals surface area contributed by atoms with Gasteiger partial charge in [-0.05, 0) is 18.9 Å². The van der Waals surface area contributed by atoms with E-state index in [2.05, 4.69) is 37.5 Å². The lowest BCUT2D eigenvalue weighted by molar-refractivity contribution is 0.0268. The Bertz CT molecular complexity index is 365. The molecule has 0 fully saturated rings. The maximum absolute atomic E-state index is 6.00. The monoisotopic (exact) mass is 221 g/mol. The average molecular weight is 221 g/mol. The summed E-state index contributed by atoms with van der Waals surface area (Å²) in [6.07, 6.45) is 2.33. The maximum atomic E-state index is 6.00. The molecule has 0 amide bonds. The fourth-order valence-corrected chi connectivity index (χ4v) is 2.28. The Kier molecular flexibility index (Phi) is 3.46. The van der Waals surface area contributed by atoms with Gasteiger partial charge in [0.15, 0.2) is 0 Å². The second kappa shape index (κ2) is 4.85. The molecule has 16 heavy (non-hydrogen) atoms. The highest BCUT2D eigenvalue weighted by molar-refractivity contribution is 5.46. The van der Waals surface area contributed by atoms with Gasteiger partial charge >= 0.3 is 0 Å². The van der Waals surface area contributed by atoms with Gasteiger partial charge in [0, 0.05) is 5.56 Å². The molecule has 2 unspecified atom stereocenters. The highest BCUT2D eigenvalue weighted by Gasteiger charge is 2.34. The van der Waals surface area contributed by atoms with Crippen LogP contribution in [0.4, 0.5) is 0 Å². The molecule has 2 rings (SSSR count). The molecule has 0 aliphatic carbocycles. The van der Waals surface area contributed by atoms with E-state index in [1.165, 1.54) is 11.1 Å². The van der Waals surface area contributed by atoms with E-state index in [0.717, 1.165) is 18.6 Å². The Labute approximate surface area is 96.7 Å². The second-order valence-corrected chi connectivity index (χ2v) is 4.24. The van der Waals surface area contributed by atoms with Crippen LogP contribution >= 0.6 is 0 Å². The zero-order valence-electron chi connectivity index (χ0n) is 10.1. The molecule has 1 aliphatic rings. The fraction of sp³-hybridized carbons (Fsp3) is 0.538. The van der Waals surface area contributed by atoms with Crippen molar-refractivity contribution in [1.82, 2.24) is 5.48 Å². The van der Waals surface area contributed by atoms with Crippen LogP contribution in [0.2, 0.25) is 0 Å². The van der Waals surface area contributed by atoms with E-state index >= 15 is 0 Å². The number of hydroxylamine groups is 1. The molecule has 3 nitrogen and oxygen atoms in total. The molecule has 1 aromatic rings. The molecule has 0 bridgehead atoms. The van der Waals surface area contributed by atoms with Crippen molar-refractivity contribution in [2.45, 2.75) is 38.8 Å². The predicted octanol–water partition coefficient (Wildman–Crippen LogP) is 2.75. The van der Waals surface area contributed by atoms with Crippen LogP contribution < -0.4 is 10.2 Å². The highest BCUT2D eigenvalue weighted by atomic mass is 16.6. The SMILES string of the molecule is CCCC1Oc2c(C)cccc2C1NOC. The third kappa shape index (κ3) is 1.93. The molecule has 1 aromatic carbocycles. The fourth-order valence-electron chi connectivity index (χ4n) is 2.28. The Morgan fingerprint density at radius 3 is 2.94 bits per heavy atom. The molecule has 2 atom stereocenters. The number of nitrogens with one attached hydrogen (secondary N) is 1. The number of hydrogen-bond donors (Lipinski definition) is 1. The van der Waals surface area contributed by atoms with Crippen LogP contribution in [-0.2, 0) is 4.84 Å². The van der Waals surface area contributed by atoms with Gasteiger partial charge in [-0.15, -0.1) is 0 Å².